The number of nitrogens with one attached hydrogen (secondary N) is 2. The van der Waals surface area contributed by atoms with Crippen molar-refractivity contribution in [1.82, 2.24) is 24.6 Å². The molecule has 236 valence electrons. The molecule has 3 amide bonds. The topological polar surface area (TPSA) is 172 Å². The zero-order valence-electron chi connectivity index (χ0n) is 24.3. The molecule has 15 heteroatoms. The van der Waals surface area contributed by atoms with E-state index in [-0.39, 0.29) is 41.4 Å². The molecule has 2 atom stereocenters. The van der Waals surface area contributed by atoms with E-state index in [1.54, 1.807) is 48.5 Å². The molecule has 1 aliphatic rings. The number of nitrogens with two attached hydrogens (primary N) is 1. The third-order valence-electron chi connectivity index (χ3n) is 7.60. The zero-order valence-corrected chi connectivity index (χ0v) is 25.1. The molecule has 4 N–H and O–H groups in total. The summed E-state index contributed by atoms with van der Waals surface area (Å²) >= 11 is 6.24. The SMILES string of the molecule is N#Cc1cnc(Nc2ccc3c(c2)c(C(N)=O)nn3CC(=O)N2CC(F)CC2C(=O)Nc2cccc(-c3ccccc3Cl)c2F)nc1. The molecule has 0 bridgehead atoms. The number of carbonyl (C=O) groups is 3. The van der Waals surface area contributed by atoms with Crippen molar-refractivity contribution in [2.45, 2.75) is 25.2 Å². The van der Waals surface area contributed by atoms with Gasteiger partial charge in [0.2, 0.25) is 17.8 Å². The van der Waals surface area contributed by atoms with Crippen LogP contribution in [-0.2, 0) is 16.1 Å². The van der Waals surface area contributed by atoms with Crippen molar-refractivity contribution in [2.24, 2.45) is 5.73 Å². The summed E-state index contributed by atoms with van der Waals surface area (Å²) in [5.74, 6) is -2.80. The summed E-state index contributed by atoms with van der Waals surface area (Å²) in [6.45, 7) is -0.804. The minimum absolute atomic E-state index is 0.120. The second-order valence-corrected chi connectivity index (χ2v) is 11.1. The van der Waals surface area contributed by atoms with Gasteiger partial charge in [0.25, 0.3) is 5.91 Å². The first kappa shape index (κ1) is 31.1. The van der Waals surface area contributed by atoms with Crippen LogP contribution in [0.15, 0.2) is 73.1 Å². The van der Waals surface area contributed by atoms with Crippen LogP contribution in [0, 0.1) is 17.1 Å². The average molecular weight is 656 g/mol. The van der Waals surface area contributed by atoms with Crippen LogP contribution in [0.1, 0.15) is 22.5 Å². The summed E-state index contributed by atoms with van der Waals surface area (Å²) < 4.78 is 31.4. The van der Waals surface area contributed by atoms with E-state index < -0.39 is 42.3 Å². The lowest BCUT2D eigenvalue weighted by Gasteiger charge is -2.24. The van der Waals surface area contributed by atoms with Crippen LogP contribution in [0.3, 0.4) is 0 Å². The molecule has 3 heterocycles. The number of fused-ring (bicyclic) bond motifs is 1. The van der Waals surface area contributed by atoms with Gasteiger partial charge in [-0.2, -0.15) is 10.4 Å². The predicted molar refractivity (Wildman–Crippen MR) is 169 cm³/mol. The van der Waals surface area contributed by atoms with E-state index in [9.17, 15) is 18.8 Å². The van der Waals surface area contributed by atoms with Gasteiger partial charge in [-0.3, -0.25) is 19.1 Å². The molecule has 0 spiro atoms. The Bertz CT molecular complexity index is 2080. The standard InChI is InChI=1S/C32H24ClF2N9O3/c33-23-6-2-1-4-20(23)21-5-3-7-24(28(21)35)41-31(47)26-10-18(34)15-43(26)27(45)16-44-25-9-8-19(11-22(25)29(42-44)30(37)46)40-32-38-13-17(12-36)14-39-32/h1-9,11,13-14,18,26H,10,15-16H2,(H2,37,46)(H,41,47)(H,38,39,40). The molecule has 1 fully saturated rings. The molecule has 1 aliphatic heterocycles. The molecule has 12 nitrogen and oxygen atoms in total. The minimum Gasteiger partial charge on any atom is -0.364 e. The highest BCUT2D eigenvalue weighted by Crippen LogP contribution is 2.33. The maximum absolute atomic E-state index is 15.5. The summed E-state index contributed by atoms with van der Waals surface area (Å²) in [7, 11) is 0. The van der Waals surface area contributed by atoms with Crippen LogP contribution >= 0.6 is 11.6 Å². The number of hydrogen-bond acceptors (Lipinski definition) is 8. The van der Waals surface area contributed by atoms with Crippen LogP contribution in [-0.4, -0.2) is 61.1 Å². The van der Waals surface area contributed by atoms with Gasteiger partial charge in [0.1, 0.15) is 24.8 Å². The fourth-order valence-corrected chi connectivity index (χ4v) is 5.64. The van der Waals surface area contributed by atoms with Gasteiger partial charge >= 0.3 is 0 Å². The lowest BCUT2D eigenvalue weighted by Crippen LogP contribution is -2.44. The van der Waals surface area contributed by atoms with Gasteiger partial charge in [0.15, 0.2) is 11.5 Å². The number of hydrogen-bond donors (Lipinski definition) is 3. The number of aromatic nitrogens is 4. The highest BCUT2D eigenvalue weighted by atomic mass is 35.5. The van der Waals surface area contributed by atoms with E-state index in [0.717, 1.165) is 4.90 Å². The lowest BCUT2D eigenvalue weighted by atomic mass is 10.0. The normalized spacial score (nSPS) is 15.7. The zero-order chi connectivity index (χ0) is 33.2. The number of alkyl halides is 1. The number of amides is 3. The van der Waals surface area contributed by atoms with Crippen LogP contribution in [0.2, 0.25) is 5.02 Å². The van der Waals surface area contributed by atoms with E-state index in [1.165, 1.54) is 29.2 Å². The smallest absolute Gasteiger partial charge is 0.269 e. The molecule has 3 aromatic carbocycles. The average Bonchev–Trinajstić information content (AvgIpc) is 3.63. The molecule has 47 heavy (non-hydrogen) atoms. The Morgan fingerprint density at radius 2 is 1.81 bits per heavy atom. The fourth-order valence-electron chi connectivity index (χ4n) is 5.40. The number of anilines is 3. The van der Waals surface area contributed by atoms with Crippen molar-refractivity contribution in [2.75, 3.05) is 17.2 Å². The van der Waals surface area contributed by atoms with E-state index >= 15 is 4.39 Å². The Morgan fingerprint density at radius 3 is 2.53 bits per heavy atom. The highest BCUT2D eigenvalue weighted by molar-refractivity contribution is 6.33. The van der Waals surface area contributed by atoms with Crippen molar-refractivity contribution in [1.29, 1.82) is 5.26 Å². The van der Waals surface area contributed by atoms with Crippen LogP contribution in [0.4, 0.5) is 26.1 Å². The molecule has 2 aromatic heterocycles. The Hall–Kier alpha value is -5.94. The Balaban J connectivity index is 1.22. The monoisotopic (exact) mass is 655 g/mol. The summed E-state index contributed by atoms with van der Waals surface area (Å²) in [4.78, 5) is 48.3. The van der Waals surface area contributed by atoms with E-state index in [2.05, 4.69) is 25.7 Å². The number of likely N-dealkylation sites (tertiary alicyclic amines) is 1. The molecule has 0 aliphatic carbocycles. The molecule has 1 saturated heterocycles. The molecular formula is C32H24ClF2N9O3. The maximum atomic E-state index is 15.5. The first-order valence-electron chi connectivity index (χ1n) is 14.2. The van der Waals surface area contributed by atoms with E-state index in [0.29, 0.717) is 27.2 Å². The van der Waals surface area contributed by atoms with Crippen LogP contribution < -0.4 is 16.4 Å². The summed E-state index contributed by atoms with van der Waals surface area (Å²) in [6.07, 6.45) is 0.897. The fraction of sp³-hybridized carbons (Fsp3) is 0.156. The number of carbonyl (C=O) groups excluding carboxylic acids is 3. The lowest BCUT2D eigenvalue weighted by molar-refractivity contribution is -0.137. The maximum Gasteiger partial charge on any atom is 0.269 e. The van der Waals surface area contributed by atoms with Gasteiger partial charge in [-0.25, -0.2) is 18.7 Å². The molecule has 2 unspecified atom stereocenters. The van der Waals surface area contributed by atoms with Crippen molar-refractivity contribution >= 4 is 57.5 Å². The van der Waals surface area contributed by atoms with Gasteiger partial charge in [-0.15, -0.1) is 0 Å². The van der Waals surface area contributed by atoms with Gasteiger partial charge in [-0.1, -0.05) is 41.9 Å². The highest BCUT2D eigenvalue weighted by Gasteiger charge is 2.40. The Morgan fingerprint density at radius 1 is 1.06 bits per heavy atom. The predicted octanol–water partition coefficient (Wildman–Crippen LogP) is 4.58. The third-order valence-corrected chi connectivity index (χ3v) is 7.93. The Labute approximate surface area is 270 Å². The van der Waals surface area contributed by atoms with Crippen LogP contribution in [0.25, 0.3) is 22.0 Å². The molecule has 6 rings (SSSR count). The van der Waals surface area contributed by atoms with Gasteiger partial charge in [0.05, 0.1) is 35.7 Å². The van der Waals surface area contributed by atoms with E-state index in [1.807, 2.05) is 6.07 Å². The second-order valence-electron chi connectivity index (χ2n) is 10.7. The molecule has 0 saturated carbocycles. The van der Waals surface area contributed by atoms with Crippen LogP contribution in [0.5, 0.6) is 0 Å². The molecular weight excluding hydrogens is 632 g/mol. The number of nitriles is 1. The van der Waals surface area contributed by atoms with Crippen molar-refractivity contribution < 1.29 is 23.2 Å². The van der Waals surface area contributed by atoms with Gasteiger partial charge in [0, 0.05) is 33.6 Å². The number of primary amides is 1. The van der Waals surface area contributed by atoms with E-state index in [4.69, 9.17) is 22.6 Å². The minimum atomic E-state index is -1.50. The van der Waals surface area contributed by atoms with Crippen molar-refractivity contribution in [3.63, 3.8) is 0 Å². The van der Waals surface area contributed by atoms with Crippen molar-refractivity contribution in [3.05, 3.63) is 95.2 Å². The van der Waals surface area contributed by atoms with Gasteiger partial charge in [-0.05, 0) is 30.3 Å². The second kappa shape index (κ2) is 12.8. The summed E-state index contributed by atoms with van der Waals surface area (Å²) in [5, 5.41) is 19.3. The quantitative estimate of drug-likeness (QED) is 0.218. The summed E-state index contributed by atoms with van der Waals surface area (Å²) in [6, 6.07) is 16.6. The largest absolute Gasteiger partial charge is 0.364 e. The first-order valence-corrected chi connectivity index (χ1v) is 14.6. The number of halogens is 3. The summed E-state index contributed by atoms with van der Waals surface area (Å²) in [5.41, 5.74) is 7.01. The van der Waals surface area contributed by atoms with Gasteiger partial charge < -0.3 is 21.3 Å². The van der Waals surface area contributed by atoms with Crippen molar-refractivity contribution in [3.8, 4) is 17.2 Å². The third kappa shape index (κ3) is 6.29. The number of rotatable bonds is 8. The number of nitrogens with zero attached hydrogens (tertiary/aromatic N) is 6. The molecule has 5 aromatic rings. The first-order chi connectivity index (χ1) is 22.6. The number of benzene rings is 3. The Kier molecular flexibility index (Phi) is 8.47. The molecule has 0 radical (unpaired) electrons.